The molecule has 0 N–H and O–H groups in total. The molecule has 4 atom stereocenters. The van der Waals surface area contributed by atoms with Crippen molar-refractivity contribution in [2.24, 2.45) is 11.8 Å². The Kier molecular flexibility index (Phi) is 7.06. The molecule has 138 valence electrons. The summed E-state index contributed by atoms with van der Waals surface area (Å²) in [6, 6.07) is 0.821. The summed E-state index contributed by atoms with van der Waals surface area (Å²) < 4.78 is 15.7. The zero-order valence-corrected chi connectivity index (χ0v) is 16.3. The Bertz CT molecular complexity index is 406. The average Bonchev–Trinajstić information content (AvgIpc) is 2.57. The smallest absolute Gasteiger partial charge is 0.0979 e. The number of rotatable bonds is 5. The Morgan fingerprint density at radius 3 is 2.50 bits per heavy atom. The molecule has 0 saturated carbocycles. The fourth-order valence-corrected chi connectivity index (χ4v) is 5.82. The highest BCUT2D eigenvalue weighted by Gasteiger charge is 2.29. The van der Waals surface area contributed by atoms with Gasteiger partial charge in [0.25, 0.3) is 0 Å². The third-order valence-corrected chi connectivity index (χ3v) is 7.29. The highest BCUT2D eigenvalue weighted by molar-refractivity contribution is 7.97. The summed E-state index contributed by atoms with van der Waals surface area (Å²) in [5.41, 5.74) is 0. The van der Waals surface area contributed by atoms with Crippen LogP contribution in [0.4, 0.5) is 4.39 Å². The Labute approximate surface area is 152 Å². The minimum absolute atomic E-state index is 0.466. The number of alkyl halides is 1. The topological polar surface area (TPSA) is 6.48 Å². The second-order valence-corrected chi connectivity index (χ2v) is 9.62. The van der Waals surface area contributed by atoms with Gasteiger partial charge in [0.1, 0.15) is 0 Å². The van der Waals surface area contributed by atoms with E-state index in [0.29, 0.717) is 17.6 Å². The van der Waals surface area contributed by atoms with Crippen molar-refractivity contribution in [3.05, 3.63) is 12.2 Å². The molecule has 1 aliphatic carbocycles. The summed E-state index contributed by atoms with van der Waals surface area (Å²) in [7, 11) is 0. The number of nitrogens with zero attached hydrogens (tertiary/aromatic N) is 2. The summed E-state index contributed by atoms with van der Waals surface area (Å²) >= 11 is 2.05. The van der Waals surface area contributed by atoms with E-state index in [4.69, 9.17) is 0 Å². The van der Waals surface area contributed by atoms with E-state index < -0.39 is 6.17 Å². The molecule has 24 heavy (non-hydrogen) atoms. The minimum atomic E-state index is -0.666. The lowest BCUT2D eigenvalue weighted by molar-refractivity contribution is 0.0962. The first-order valence-electron chi connectivity index (χ1n) is 10.1. The number of hydrogen-bond donors (Lipinski definition) is 0. The van der Waals surface area contributed by atoms with Gasteiger partial charge in [0, 0.05) is 30.9 Å². The normalized spacial score (nSPS) is 35.2. The zero-order chi connectivity index (χ0) is 16.9. The van der Waals surface area contributed by atoms with Crippen molar-refractivity contribution in [3.63, 3.8) is 0 Å². The van der Waals surface area contributed by atoms with Gasteiger partial charge < -0.3 is 4.90 Å². The zero-order valence-electron chi connectivity index (χ0n) is 15.5. The van der Waals surface area contributed by atoms with Crippen LogP contribution in [0.5, 0.6) is 0 Å². The molecule has 3 rings (SSSR count). The third-order valence-electron chi connectivity index (χ3n) is 5.96. The second-order valence-electron chi connectivity index (χ2n) is 8.29. The van der Waals surface area contributed by atoms with Crippen LogP contribution in [0.2, 0.25) is 0 Å². The van der Waals surface area contributed by atoms with E-state index in [1.54, 1.807) is 6.92 Å². The van der Waals surface area contributed by atoms with Crippen LogP contribution in [0, 0.1) is 11.8 Å². The molecule has 2 aliphatic heterocycles. The predicted octanol–water partition coefficient (Wildman–Crippen LogP) is 4.91. The van der Waals surface area contributed by atoms with Crippen molar-refractivity contribution >= 4 is 11.9 Å². The van der Waals surface area contributed by atoms with E-state index in [2.05, 4.69) is 28.3 Å². The van der Waals surface area contributed by atoms with Crippen LogP contribution in [-0.2, 0) is 0 Å². The first-order valence-corrected chi connectivity index (χ1v) is 10.9. The molecule has 0 aromatic rings. The molecule has 0 aromatic carbocycles. The Morgan fingerprint density at radius 2 is 1.88 bits per heavy atom. The predicted molar refractivity (Wildman–Crippen MR) is 103 cm³/mol. The van der Waals surface area contributed by atoms with Crippen molar-refractivity contribution < 1.29 is 4.39 Å². The first-order chi connectivity index (χ1) is 11.6. The SMILES string of the molecule is CC(F)CC1C=CC(SN2CCC(N3CCCC(C)C3)CC2)CC1. The van der Waals surface area contributed by atoms with E-state index in [9.17, 15) is 4.39 Å². The van der Waals surface area contributed by atoms with E-state index in [1.165, 1.54) is 58.3 Å². The molecule has 2 heterocycles. The molecule has 0 spiro atoms. The molecule has 4 heteroatoms. The highest BCUT2D eigenvalue weighted by atomic mass is 32.2. The fraction of sp³-hybridized carbons (Fsp3) is 0.900. The van der Waals surface area contributed by atoms with Gasteiger partial charge in [-0.3, -0.25) is 0 Å². The van der Waals surface area contributed by atoms with E-state index in [1.807, 2.05) is 11.9 Å². The van der Waals surface area contributed by atoms with Crippen molar-refractivity contribution in [1.29, 1.82) is 0 Å². The van der Waals surface area contributed by atoms with Gasteiger partial charge in [0.2, 0.25) is 0 Å². The van der Waals surface area contributed by atoms with Gasteiger partial charge in [-0.1, -0.05) is 31.0 Å². The van der Waals surface area contributed by atoms with Crippen LogP contribution < -0.4 is 0 Å². The first kappa shape index (κ1) is 18.7. The van der Waals surface area contributed by atoms with Crippen molar-refractivity contribution in [3.8, 4) is 0 Å². The molecular weight excluding hydrogens is 319 g/mol. The molecule has 0 amide bonds. The quantitative estimate of drug-likeness (QED) is 0.511. The average molecular weight is 355 g/mol. The fourth-order valence-electron chi connectivity index (χ4n) is 4.61. The lowest BCUT2D eigenvalue weighted by atomic mass is 9.91. The summed E-state index contributed by atoms with van der Waals surface area (Å²) in [6.07, 6.45) is 12.5. The molecule has 0 aromatic heterocycles. The molecule has 3 aliphatic rings. The van der Waals surface area contributed by atoms with Gasteiger partial charge in [0.05, 0.1) is 6.17 Å². The number of allylic oxidation sites excluding steroid dienone is 1. The van der Waals surface area contributed by atoms with Gasteiger partial charge in [-0.25, -0.2) is 8.70 Å². The molecule has 2 nitrogen and oxygen atoms in total. The van der Waals surface area contributed by atoms with Gasteiger partial charge in [-0.15, -0.1) is 0 Å². The number of hydrogen-bond acceptors (Lipinski definition) is 3. The number of halogens is 1. The van der Waals surface area contributed by atoms with Crippen molar-refractivity contribution in [2.75, 3.05) is 26.2 Å². The Morgan fingerprint density at radius 1 is 1.08 bits per heavy atom. The summed E-state index contributed by atoms with van der Waals surface area (Å²) in [5, 5.41) is 0.614. The lowest BCUT2D eigenvalue weighted by Gasteiger charge is -2.42. The highest BCUT2D eigenvalue weighted by Crippen LogP contribution is 2.33. The minimum Gasteiger partial charge on any atom is -0.300 e. The standard InChI is InChI=1S/C20H35FN2S/c1-16-4-3-11-22(15-16)19-9-12-23(13-10-19)24-20-7-5-18(6-8-20)14-17(2)21/h5,7,16-20H,3-4,6,8-15H2,1-2H3. The Hall–Kier alpha value is -0.0600. The van der Waals surface area contributed by atoms with E-state index in [-0.39, 0.29) is 0 Å². The second kappa shape index (κ2) is 9.05. The van der Waals surface area contributed by atoms with Crippen LogP contribution in [0.1, 0.15) is 58.8 Å². The van der Waals surface area contributed by atoms with Crippen LogP contribution in [0.15, 0.2) is 12.2 Å². The maximum Gasteiger partial charge on any atom is 0.0979 e. The number of piperidine rings is 2. The molecule has 2 fully saturated rings. The van der Waals surface area contributed by atoms with Crippen LogP contribution in [-0.4, -0.2) is 52.8 Å². The van der Waals surface area contributed by atoms with Crippen molar-refractivity contribution in [1.82, 2.24) is 9.21 Å². The van der Waals surface area contributed by atoms with E-state index in [0.717, 1.165) is 18.4 Å². The summed E-state index contributed by atoms with van der Waals surface area (Å²) in [5.74, 6) is 1.35. The van der Waals surface area contributed by atoms with Gasteiger partial charge in [-0.2, -0.15) is 0 Å². The van der Waals surface area contributed by atoms with Crippen molar-refractivity contribution in [2.45, 2.75) is 76.3 Å². The summed E-state index contributed by atoms with van der Waals surface area (Å²) in [6.45, 7) is 9.19. The summed E-state index contributed by atoms with van der Waals surface area (Å²) in [4.78, 5) is 2.76. The van der Waals surface area contributed by atoms with Gasteiger partial charge in [0.15, 0.2) is 0 Å². The van der Waals surface area contributed by atoms with Crippen LogP contribution in [0.25, 0.3) is 0 Å². The molecule has 2 saturated heterocycles. The maximum absolute atomic E-state index is 13.1. The van der Waals surface area contributed by atoms with Crippen LogP contribution in [0.3, 0.4) is 0 Å². The molecular formula is C20H35FN2S. The number of likely N-dealkylation sites (tertiary alicyclic amines) is 1. The third kappa shape index (κ3) is 5.47. The molecule has 0 bridgehead atoms. The van der Waals surface area contributed by atoms with Crippen LogP contribution >= 0.6 is 11.9 Å². The maximum atomic E-state index is 13.1. The largest absolute Gasteiger partial charge is 0.300 e. The van der Waals surface area contributed by atoms with Gasteiger partial charge in [-0.05, 0) is 70.3 Å². The Balaban J connectivity index is 1.38. The lowest BCUT2D eigenvalue weighted by Crippen LogP contribution is -2.47. The molecule has 0 radical (unpaired) electrons. The monoisotopic (exact) mass is 354 g/mol. The van der Waals surface area contributed by atoms with E-state index >= 15 is 0 Å². The van der Waals surface area contributed by atoms with Gasteiger partial charge >= 0.3 is 0 Å². The molecule has 4 unspecified atom stereocenters.